The van der Waals surface area contributed by atoms with Crippen LogP contribution < -0.4 is 16.4 Å². The van der Waals surface area contributed by atoms with Crippen LogP contribution in [0, 0.1) is 0 Å². The van der Waals surface area contributed by atoms with Gasteiger partial charge in [-0.25, -0.2) is 4.98 Å². The highest BCUT2D eigenvalue weighted by Gasteiger charge is 2.05. The molecule has 0 bridgehead atoms. The van der Waals surface area contributed by atoms with E-state index in [0.29, 0.717) is 6.54 Å². The van der Waals surface area contributed by atoms with Gasteiger partial charge < -0.3 is 16.4 Å². The van der Waals surface area contributed by atoms with Gasteiger partial charge in [-0.3, -0.25) is 9.59 Å². The van der Waals surface area contributed by atoms with Gasteiger partial charge in [0.05, 0.1) is 30.3 Å². The first-order chi connectivity index (χ1) is 8.15. The van der Waals surface area contributed by atoms with Crippen molar-refractivity contribution in [3.05, 3.63) is 16.1 Å². The number of hydrogen-bond acceptors (Lipinski definition) is 5. The lowest BCUT2D eigenvalue weighted by Gasteiger charge is -2.04. The Morgan fingerprint density at radius 2 is 2.00 bits per heavy atom. The number of thiazole rings is 1. The third kappa shape index (κ3) is 7.99. The van der Waals surface area contributed by atoms with E-state index in [1.165, 1.54) is 0 Å². The third-order valence-electron chi connectivity index (χ3n) is 2.00. The molecule has 0 saturated carbocycles. The standard InChI is InChI=1S/C10H16N4O2S.2ClH/c1-2-10-14-7(6-17-10)4-12-9(16)5-13-8(15)3-11;;/h6H,2-5,11H2,1H3,(H,12,16)(H,13,15);2*1H. The van der Waals surface area contributed by atoms with Crippen molar-refractivity contribution < 1.29 is 9.59 Å². The summed E-state index contributed by atoms with van der Waals surface area (Å²) in [6, 6.07) is 0. The molecule has 2 amide bonds. The maximum Gasteiger partial charge on any atom is 0.239 e. The highest BCUT2D eigenvalue weighted by Crippen LogP contribution is 2.09. The van der Waals surface area contributed by atoms with Crippen LogP contribution in [-0.4, -0.2) is 29.9 Å². The molecule has 0 fully saturated rings. The highest BCUT2D eigenvalue weighted by atomic mass is 35.5. The number of nitrogens with zero attached hydrogens (tertiary/aromatic N) is 1. The van der Waals surface area contributed by atoms with Gasteiger partial charge in [-0.1, -0.05) is 6.92 Å². The number of carbonyl (C=O) groups excluding carboxylic acids is 2. The SMILES string of the molecule is CCc1nc(CNC(=O)CNC(=O)CN)cs1.Cl.Cl. The normalized spacial score (nSPS) is 8.95. The molecule has 0 radical (unpaired) electrons. The van der Waals surface area contributed by atoms with Gasteiger partial charge in [0.1, 0.15) is 0 Å². The van der Waals surface area contributed by atoms with Crippen molar-refractivity contribution in [2.45, 2.75) is 19.9 Å². The molecular weight excluding hydrogens is 311 g/mol. The second kappa shape index (κ2) is 11.0. The molecule has 0 aliphatic carbocycles. The van der Waals surface area contributed by atoms with Gasteiger partial charge in [-0.15, -0.1) is 36.2 Å². The minimum absolute atomic E-state index is 0. The maximum absolute atomic E-state index is 11.3. The van der Waals surface area contributed by atoms with E-state index in [1.54, 1.807) is 11.3 Å². The molecule has 110 valence electrons. The zero-order valence-corrected chi connectivity index (χ0v) is 12.9. The van der Waals surface area contributed by atoms with Gasteiger partial charge in [0.25, 0.3) is 0 Å². The summed E-state index contributed by atoms with van der Waals surface area (Å²) >= 11 is 1.57. The Morgan fingerprint density at radius 1 is 1.32 bits per heavy atom. The van der Waals surface area contributed by atoms with Gasteiger partial charge in [-0.05, 0) is 6.42 Å². The van der Waals surface area contributed by atoms with Gasteiger partial charge in [-0.2, -0.15) is 0 Å². The number of nitrogens with one attached hydrogen (secondary N) is 2. The first kappa shape index (κ1) is 20.4. The minimum Gasteiger partial charge on any atom is -0.349 e. The van der Waals surface area contributed by atoms with Crippen LogP contribution in [0.15, 0.2) is 5.38 Å². The summed E-state index contributed by atoms with van der Waals surface area (Å²) in [6.45, 7) is 2.25. The smallest absolute Gasteiger partial charge is 0.239 e. The predicted molar refractivity (Wildman–Crippen MR) is 79.9 cm³/mol. The molecule has 0 atom stereocenters. The first-order valence-corrected chi connectivity index (χ1v) is 6.20. The van der Waals surface area contributed by atoms with E-state index in [9.17, 15) is 9.59 Å². The molecule has 1 aromatic rings. The average molecular weight is 329 g/mol. The Bertz CT molecular complexity index is 401. The zero-order valence-electron chi connectivity index (χ0n) is 10.5. The summed E-state index contributed by atoms with van der Waals surface area (Å²) in [7, 11) is 0. The van der Waals surface area contributed by atoms with Crippen molar-refractivity contribution in [3.8, 4) is 0 Å². The van der Waals surface area contributed by atoms with E-state index < -0.39 is 0 Å². The minimum atomic E-state index is -0.345. The average Bonchev–Trinajstić information content (AvgIpc) is 2.81. The number of nitrogens with two attached hydrogens (primary N) is 1. The van der Waals surface area contributed by atoms with Crippen LogP contribution in [0.25, 0.3) is 0 Å². The molecule has 1 heterocycles. The van der Waals surface area contributed by atoms with Crippen LogP contribution in [-0.2, 0) is 22.6 Å². The number of amides is 2. The molecule has 1 rings (SSSR count). The fraction of sp³-hybridized carbons (Fsp3) is 0.500. The van der Waals surface area contributed by atoms with Crippen molar-refractivity contribution in [2.75, 3.05) is 13.1 Å². The molecule has 1 aromatic heterocycles. The molecule has 4 N–H and O–H groups in total. The molecule has 0 aliphatic rings. The van der Waals surface area contributed by atoms with Crippen LogP contribution in [0.1, 0.15) is 17.6 Å². The monoisotopic (exact) mass is 328 g/mol. The van der Waals surface area contributed by atoms with E-state index in [0.717, 1.165) is 17.1 Å². The summed E-state index contributed by atoms with van der Waals surface area (Å²) in [5.74, 6) is -0.597. The van der Waals surface area contributed by atoms with Crippen molar-refractivity contribution in [1.29, 1.82) is 0 Å². The van der Waals surface area contributed by atoms with Crippen LogP contribution in [0.4, 0.5) is 0 Å². The lowest BCUT2D eigenvalue weighted by Crippen LogP contribution is -2.39. The van der Waals surface area contributed by atoms with Crippen LogP contribution in [0.3, 0.4) is 0 Å². The number of aryl methyl sites for hydroxylation is 1. The van der Waals surface area contributed by atoms with Crippen LogP contribution >= 0.6 is 36.2 Å². The molecule has 9 heteroatoms. The topological polar surface area (TPSA) is 97.1 Å². The molecule has 0 aromatic carbocycles. The molecule has 19 heavy (non-hydrogen) atoms. The number of carbonyl (C=O) groups is 2. The van der Waals surface area contributed by atoms with Gasteiger partial charge in [0, 0.05) is 5.38 Å². The Labute approximate surface area is 128 Å². The number of rotatable bonds is 6. The number of hydrogen-bond donors (Lipinski definition) is 3. The summed E-state index contributed by atoms with van der Waals surface area (Å²) in [4.78, 5) is 26.4. The first-order valence-electron chi connectivity index (χ1n) is 5.32. The molecule has 0 saturated heterocycles. The van der Waals surface area contributed by atoms with E-state index >= 15 is 0 Å². The Balaban J connectivity index is 0. The fourth-order valence-corrected chi connectivity index (χ4v) is 1.84. The van der Waals surface area contributed by atoms with E-state index in [4.69, 9.17) is 5.73 Å². The summed E-state index contributed by atoms with van der Waals surface area (Å²) < 4.78 is 0. The quantitative estimate of drug-likeness (QED) is 0.696. The van der Waals surface area contributed by atoms with E-state index in [-0.39, 0.29) is 49.7 Å². The summed E-state index contributed by atoms with van der Waals surface area (Å²) in [5.41, 5.74) is 5.93. The van der Waals surface area contributed by atoms with Gasteiger partial charge in [0.15, 0.2) is 0 Å². The summed E-state index contributed by atoms with van der Waals surface area (Å²) in [5, 5.41) is 8.02. The second-order valence-corrected chi connectivity index (χ2v) is 4.29. The van der Waals surface area contributed by atoms with Crippen molar-refractivity contribution in [1.82, 2.24) is 15.6 Å². The molecular formula is C10H18Cl2N4O2S. The Morgan fingerprint density at radius 3 is 2.53 bits per heavy atom. The highest BCUT2D eigenvalue weighted by molar-refractivity contribution is 7.09. The lowest BCUT2D eigenvalue weighted by atomic mass is 10.4. The molecule has 0 spiro atoms. The Kier molecular flexibility index (Phi) is 11.8. The zero-order chi connectivity index (χ0) is 12.7. The van der Waals surface area contributed by atoms with Gasteiger partial charge in [0.2, 0.25) is 11.8 Å². The van der Waals surface area contributed by atoms with Crippen molar-refractivity contribution in [3.63, 3.8) is 0 Å². The molecule has 6 nitrogen and oxygen atoms in total. The van der Waals surface area contributed by atoms with Gasteiger partial charge >= 0.3 is 0 Å². The number of aromatic nitrogens is 1. The van der Waals surface area contributed by atoms with E-state index in [2.05, 4.69) is 15.6 Å². The third-order valence-corrected chi connectivity index (χ3v) is 3.04. The summed E-state index contributed by atoms with van der Waals surface area (Å²) in [6.07, 6.45) is 0.894. The van der Waals surface area contributed by atoms with Crippen LogP contribution in [0.2, 0.25) is 0 Å². The fourth-order valence-electron chi connectivity index (χ4n) is 1.10. The Hall–Kier alpha value is -0.890. The van der Waals surface area contributed by atoms with Crippen LogP contribution in [0.5, 0.6) is 0 Å². The second-order valence-electron chi connectivity index (χ2n) is 3.34. The largest absolute Gasteiger partial charge is 0.349 e. The maximum atomic E-state index is 11.3. The molecule has 0 aliphatic heterocycles. The van der Waals surface area contributed by atoms with E-state index in [1.807, 2.05) is 12.3 Å². The molecule has 0 unspecified atom stereocenters. The number of halogens is 2. The predicted octanol–water partition coefficient (Wildman–Crippen LogP) is 0.240. The van der Waals surface area contributed by atoms with Crippen molar-refractivity contribution >= 4 is 48.0 Å². The lowest BCUT2D eigenvalue weighted by molar-refractivity contribution is -0.125. The van der Waals surface area contributed by atoms with Crippen molar-refractivity contribution in [2.24, 2.45) is 5.73 Å².